The van der Waals surface area contributed by atoms with E-state index in [1.807, 2.05) is 4.90 Å². The molecule has 7 nitrogen and oxygen atoms in total. The Balaban J connectivity index is 2.43. The van der Waals surface area contributed by atoms with Gasteiger partial charge in [-0.15, -0.1) is 0 Å². The highest BCUT2D eigenvalue weighted by Gasteiger charge is 2.30. The first kappa shape index (κ1) is 14.5. The molecule has 0 aromatic carbocycles. The molecule has 2 atom stereocenters. The van der Waals surface area contributed by atoms with Gasteiger partial charge in [0.1, 0.15) is 5.69 Å². The Labute approximate surface area is 118 Å². The van der Waals surface area contributed by atoms with E-state index in [4.69, 9.17) is 0 Å². The summed E-state index contributed by atoms with van der Waals surface area (Å²) in [5, 5.41) is 14.2. The van der Waals surface area contributed by atoms with Crippen LogP contribution in [-0.2, 0) is 0 Å². The third-order valence-corrected chi connectivity index (χ3v) is 4.08. The normalized spacial score (nSPS) is 22.7. The number of aryl methyl sites for hydroxylation is 1. The molecule has 0 amide bonds. The van der Waals surface area contributed by atoms with Crippen LogP contribution in [0.15, 0.2) is 0 Å². The van der Waals surface area contributed by atoms with Crippen LogP contribution in [0.3, 0.4) is 0 Å². The fourth-order valence-electron chi connectivity index (χ4n) is 2.55. The number of hydrogen-bond donors (Lipinski definition) is 1. The number of nitrogens with one attached hydrogen (secondary N) is 1. The van der Waals surface area contributed by atoms with Crippen molar-refractivity contribution in [3.63, 3.8) is 0 Å². The van der Waals surface area contributed by atoms with Crippen molar-refractivity contribution in [1.29, 1.82) is 0 Å². The molecule has 0 saturated carbocycles. The number of piperidine rings is 1. The quantitative estimate of drug-likeness (QED) is 0.674. The molecular formula is C13H21N5O2. The van der Waals surface area contributed by atoms with Gasteiger partial charge in [0, 0.05) is 20.1 Å². The Hall–Kier alpha value is -1.92. The smallest absolute Gasteiger partial charge is 0.332 e. The lowest BCUT2D eigenvalue weighted by molar-refractivity contribution is -0.385. The van der Waals surface area contributed by atoms with E-state index in [2.05, 4.69) is 29.1 Å². The van der Waals surface area contributed by atoms with E-state index in [0.717, 1.165) is 19.5 Å². The highest BCUT2D eigenvalue weighted by Crippen LogP contribution is 2.33. The molecule has 2 heterocycles. The molecule has 0 spiro atoms. The number of aromatic nitrogens is 2. The number of rotatable bonds is 3. The van der Waals surface area contributed by atoms with E-state index in [-0.39, 0.29) is 10.6 Å². The highest BCUT2D eigenvalue weighted by molar-refractivity contribution is 5.62. The molecule has 1 aliphatic rings. The minimum absolute atomic E-state index is 0.0192. The SMILES string of the molecule is CNc1nc(C)c([N+](=O)[O-])c(N2CCC(C)C(C)C2)n1. The van der Waals surface area contributed by atoms with Crippen LogP contribution in [0, 0.1) is 28.9 Å². The third-order valence-electron chi connectivity index (χ3n) is 4.08. The van der Waals surface area contributed by atoms with Gasteiger partial charge in [-0.25, -0.2) is 4.98 Å². The summed E-state index contributed by atoms with van der Waals surface area (Å²) in [6.45, 7) is 7.64. The van der Waals surface area contributed by atoms with Crippen molar-refractivity contribution in [2.45, 2.75) is 27.2 Å². The molecule has 1 aliphatic heterocycles. The van der Waals surface area contributed by atoms with Crippen LogP contribution in [0.1, 0.15) is 26.0 Å². The van der Waals surface area contributed by atoms with Gasteiger partial charge in [0.05, 0.1) is 4.92 Å². The maximum Gasteiger partial charge on any atom is 0.332 e. The number of anilines is 2. The standard InChI is InChI=1S/C13H21N5O2/c1-8-5-6-17(7-9(8)2)12-11(18(19)20)10(3)15-13(14-4)16-12/h8-9H,5-7H2,1-4H3,(H,14,15,16). The van der Waals surface area contributed by atoms with Crippen molar-refractivity contribution in [3.8, 4) is 0 Å². The van der Waals surface area contributed by atoms with Gasteiger partial charge in [-0.1, -0.05) is 13.8 Å². The summed E-state index contributed by atoms with van der Waals surface area (Å²) in [7, 11) is 1.71. The number of hydrogen-bond acceptors (Lipinski definition) is 6. The summed E-state index contributed by atoms with van der Waals surface area (Å²) >= 11 is 0. The second kappa shape index (κ2) is 5.60. The second-order valence-corrected chi connectivity index (χ2v) is 5.50. The molecule has 1 aromatic rings. The van der Waals surface area contributed by atoms with Crippen molar-refractivity contribution in [1.82, 2.24) is 9.97 Å². The van der Waals surface area contributed by atoms with Gasteiger partial charge in [0.25, 0.3) is 0 Å². The Bertz CT molecular complexity index is 520. The maximum atomic E-state index is 11.3. The summed E-state index contributed by atoms with van der Waals surface area (Å²) in [4.78, 5) is 21.4. The molecule has 2 unspecified atom stereocenters. The molecule has 1 N–H and O–H groups in total. The molecule has 1 aromatic heterocycles. The van der Waals surface area contributed by atoms with Crippen molar-refractivity contribution in [3.05, 3.63) is 15.8 Å². The van der Waals surface area contributed by atoms with E-state index in [1.54, 1.807) is 14.0 Å². The minimum Gasteiger partial charge on any atom is -0.357 e. The van der Waals surface area contributed by atoms with Crippen LogP contribution in [-0.4, -0.2) is 35.0 Å². The largest absolute Gasteiger partial charge is 0.357 e. The average molecular weight is 279 g/mol. The summed E-state index contributed by atoms with van der Waals surface area (Å²) in [6.07, 6.45) is 1.02. The summed E-state index contributed by atoms with van der Waals surface area (Å²) in [5.74, 6) is 1.99. The monoisotopic (exact) mass is 279 g/mol. The second-order valence-electron chi connectivity index (χ2n) is 5.50. The Morgan fingerprint density at radius 1 is 1.35 bits per heavy atom. The minimum atomic E-state index is -0.382. The molecule has 7 heteroatoms. The predicted molar refractivity (Wildman–Crippen MR) is 78.1 cm³/mol. The van der Waals surface area contributed by atoms with Gasteiger partial charge in [-0.3, -0.25) is 10.1 Å². The van der Waals surface area contributed by atoms with Gasteiger partial charge in [0.15, 0.2) is 0 Å². The van der Waals surface area contributed by atoms with Crippen molar-refractivity contribution < 1.29 is 4.92 Å². The van der Waals surface area contributed by atoms with E-state index < -0.39 is 0 Å². The molecule has 0 bridgehead atoms. The fourth-order valence-corrected chi connectivity index (χ4v) is 2.55. The Morgan fingerprint density at radius 3 is 2.60 bits per heavy atom. The zero-order chi connectivity index (χ0) is 14.9. The molecule has 0 aliphatic carbocycles. The predicted octanol–water partition coefficient (Wildman–Crippen LogP) is 2.22. The average Bonchev–Trinajstić information content (AvgIpc) is 2.40. The maximum absolute atomic E-state index is 11.3. The van der Waals surface area contributed by atoms with Crippen LogP contribution in [0.25, 0.3) is 0 Å². The van der Waals surface area contributed by atoms with E-state index in [0.29, 0.717) is 29.3 Å². The van der Waals surface area contributed by atoms with Gasteiger partial charge >= 0.3 is 5.69 Å². The van der Waals surface area contributed by atoms with Crippen LogP contribution in [0.5, 0.6) is 0 Å². The zero-order valence-corrected chi connectivity index (χ0v) is 12.4. The fraction of sp³-hybridized carbons (Fsp3) is 0.692. The number of nitrogens with zero attached hydrogens (tertiary/aromatic N) is 4. The molecule has 1 fully saturated rings. The summed E-state index contributed by atoms with van der Waals surface area (Å²) in [5.41, 5.74) is 0.418. The first-order valence-corrected chi connectivity index (χ1v) is 6.89. The lowest BCUT2D eigenvalue weighted by Gasteiger charge is -2.35. The van der Waals surface area contributed by atoms with Crippen molar-refractivity contribution in [2.75, 3.05) is 30.4 Å². The third kappa shape index (κ3) is 2.66. The summed E-state index contributed by atoms with van der Waals surface area (Å²) < 4.78 is 0. The van der Waals surface area contributed by atoms with Crippen LogP contribution in [0.4, 0.5) is 17.5 Å². The van der Waals surface area contributed by atoms with E-state index >= 15 is 0 Å². The van der Waals surface area contributed by atoms with Gasteiger partial charge < -0.3 is 10.2 Å². The molecule has 20 heavy (non-hydrogen) atoms. The lowest BCUT2D eigenvalue weighted by Crippen LogP contribution is -2.39. The Kier molecular flexibility index (Phi) is 4.06. The highest BCUT2D eigenvalue weighted by atomic mass is 16.6. The zero-order valence-electron chi connectivity index (χ0n) is 12.4. The van der Waals surface area contributed by atoms with Gasteiger partial charge in [-0.05, 0) is 25.2 Å². The number of nitro groups is 1. The summed E-state index contributed by atoms with van der Waals surface area (Å²) in [6, 6.07) is 0. The first-order chi connectivity index (χ1) is 9.43. The van der Waals surface area contributed by atoms with Crippen LogP contribution >= 0.6 is 0 Å². The lowest BCUT2D eigenvalue weighted by atomic mass is 9.88. The molecule has 110 valence electrons. The molecule has 0 radical (unpaired) electrons. The van der Waals surface area contributed by atoms with Crippen LogP contribution < -0.4 is 10.2 Å². The van der Waals surface area contributed by atoms with E-state index in [1.165, 1.54) is 0 Å². The van der Waals surface area contributed by atoms with Crippen LogP contribution in [0.2, 0.25) is 0 Å². The first-order valence-electron chi connectivity index (χ1n) is 6.89. The molecule has 2 rings (SSSR count). The van der Waals surface area contributed by atoms with Crippen molar-refractivity contribution in [2.24, 2.45) is 11.8 Å². The molecular weight excluding hydrogens is 258 g/mol. The van der Waals surface area contributed by atoms with E-state index in [9.17, 15) is 10.1 Å². The molecule has 1 saturated heterocycles. The van der Waals surface area contributed by atoms with Gasteiger partial charge in [0.2, 0.25) is 11.8 Å². The topological polar surface area (TPSA) is 84.2 Å². The Morgan fingerprint density at radius 2 is 2.05 bits per heavy atom. The van der Waals surface area contributed by atoms with Crippen molar-refractivity contribution >= 4 is 17.5 Å². The van der Waals surface area contributed by atoms with Gasteiger partial charge in [-0.2, -0.15) is 4.98 Å².